The number of amides is 1. The minimum absolute atomic E-state index is 0.209. The minimum Gasteiger partial charge on any atom is -0.394 e. The first kappa shape index (κ1) is 48.6. The van der Waals surface area contributed by atoms with Gasteiger partial charge >= 0.3 is 0 Å². The molecule has 0 aromatic heterocycles. The number of hydrogen-bond acceptors (Lipinski definition) is 4. The van der Waals surface area contributed by atoms with Crippen molar-refractivity contribution < 1.29 is 20.1 Å². The Morgan fingerprint density at radius 1 is 0.500 bits per heavy atom. The summed E-state index contributed by atoms with van der Waals surface area (Å²) in [6.45, 7) is 4.14. The molecule has 0 fully saturated rings. The largest absolute Gasteiger partial charge is 0.394 e. The van der Waals surface area contributed by atoms with Crippen LogP contribution in [0.3, 0.4) is 0 Å². The molecular formula is C45H85NO4. The predicted molar refractivity (Wildman–Crippen MR) is 218 cm³/mol. The number of carbonyl (C=O) groups is 1. The topological polar surface area (TPSA) is 89.8 Å². The molecule has 3 unspecified atom stereocenters. The van der Waals surface area contributed by atoms with E-state index in [1.807, 2.05) is 18.2 Å². The lowest BCUT2D eigenvalue weighted by Gasteiger charge is -2.21. The summed E-state index contributed by atoms with van der Waals surface area (Å²) < 4.78 is 0. The third-order valence-electron chi connectivity index (χ3n) is 9.99. The highest BCUT2D eigenvalue weighted by molar-refractivity contribution is 5.81. The molecule has 3 atom stereocenters. The van der Waals surface area contributed by atoms with Crippen LogP contribution in [-0.4, -0.2) is 46.1 Å². The van der Waals surface area contributed by atoms with E-state index in [1.165, 1.54) is 173 Å². The van der Waals surface area contributed by atoms with E-state index in [1.54, 1.807) is 6.08 Å². The van der Waals surface area contributed by atoms with Gasteiger partial charge in [0.25, 0.3) is 0 Å². The lowest BCUT2D eigenvalue weighted by molar-refractivity contribution is -0.131. The van der Waals surface area contributed by atoms with Gasteiger partial charge in [-0.1, -0.05) is 217 Å². The Morgan fingerprint density at radius 2 is 0.860 bits per heavy atom. The van der Waals surface area contributed by atoms with E-state index in [4.69, 9.17) is 0 Å². The second-order valence-electron chi connectivity index (χ2n) is 14.9. The van der Waals surface area contributed by atoms with E-state index in [2.05, 4.69) is 31.3 Å². The number of allylic oxidation sites excluding steroid dienone is 4. The maximum atomic E-state index is 12.4. The molecule has 0 saturated carbocycles. The van der Waals surface area contributed by atoms with Gasteiger partial charge in [-0.3, -0.25) is 4.79 Å². The Hall–Kier alpha value is -1.43. The summed E-state index contributed by atoms with van der Waals surface area (Å²) in [6, 6.07) is -0.827. The van der Waals surface area contributed by atoms with Crippen molar-refractivity contribution in [2.75, 3.05) is 6.61 Å². The van der Waals surface area contributed by atoms with Crippen molar-refractivity contribution in [2.24, 2.45) is 0 Å². The Balaban J connectivity index is 3.67. The van der Waals surface area contributed by atoms with Crippen molar-refractivity contribution in [1.29, 1.82) is 0 Å². The fraction of sp³-hybridized carbons (Fsp3) is 0.844. The number of unbranched alkanes of at least 4 members (excludes halogenated alkanes) is 28. The zero-order chi connectivity index (χ0) is 36.6. The molecule has 0 heterocycles. The molecule has 0 aliphatic carbocycles. The van der Waals surface area contributed by atoms with E-state index in [0.717, 1.165) is 25.7 Å². The molecular weight excluding hydrogens is 618 g/mol. The van der Waals surface area contributed by atoms with E-state index >= 15 is 0 Å². The van der Waals surface area contributed by atoms with Crippen LogP contribution in [0.25, 0.3) is 0 Å². The highest BCUT2D eigenvalue weighted by Gasteiger charge is 2.22. The molecule has 5 nitrogen and oxygen atoms in total. The maximum absolute atomic E-state index is 12.4. The number of hydrogen-bond donors (Lipinski definition) is 4. The lowest BCUT2D eigenvalue weighted by Crippen LogP contribution is -2.48. The number of carbonyl (C=O) groups excluding carboxylic acids is 1. The molecule has 1 amide bonds. The fourth-order valence-electron chi connectivity index (χ4n) is 6.52. The number of rotatable bonds is 39. The second-order valence-corrected chi connectivity index (χ2v) is 14.9. The van der Waals surface area contributed by atoms with Gasteiger partial charge in [0.05, 0.1) is 18.8 Å². The minimum atomic E-state index is -1.20. The monoisotopic (exact) mass is 704 g/mol. The van der Waals surface area contributed by atoms with Crippen LogP contribution in [0, 0.1) is 0 Å². The van der Waals surface area contributed by atoms with Gasteiger partial charge < -0.3 is 20.6 Å². The van der Waals surface area contributed by atoms with Crippen LogP contribution in [0.2, 0.25) is 0 Å². The molecule has 0 rings (SSSR count). The Kier molecular flexibility index (Phi) is 39.2. The molecule has 0 aliphatic rings. The molecule has 4 N–H and O–H groups in total. The molecule has 294 valence electrons. The summed E-state index contributed by atoms with van der Waals surface area (Å²) in [4.78, 5) is 12.4. The second kappa shape index (κ2) is 40.3. The average molecular weight is 704 g/mol. The average Bonchev–Trinajstić information content (AvgIpc) is 3.12. The van der Waals surface area contributed by atoms with Crippen molar-refractivity contribution in [3.8, 4) is 0 Å². The normalized spacial score (nSPS) is 13.9. The first-order chi connectivity index (χ1) is 24.6. The van der Waals surface area contributed by atoms with Gasteiger partial charge in [0.2, 0.25) is 5.91 Å². The number of nitrogens with one attached hydrogen (secondary N) is 1. The quantitative estimate of drug-likeness (QED) is 0.0379. The van der Waals surface area contributed by atoms with Gasteiger partial charge in [-0.25, -0.2) is 0 Å². The summed E-state index contributed by atoms with van der Waals surface area (Å²) in [5, 5.41) is 32.9. The van der Waals surface area contributed by atoms with Crippen molar-refractivity contribution in [3.63, 3.8) is 0 Å². The molecule has 0 aliphatic heterocycles. The predicted octanol–water partition coefficient (Wildman–Crippen LogP) is 12.4. The molecule has 0 spiro atoms. The molecule has 0 radical (unpaired) electrons. The van der Waals surface area contributed by atoms with Crippen LogP contribution in [0.4, 0.5) is 0 Å². The van der Waals surface area contributed by atoms with Gasteiger partial charge in [0, 0.05) is 6.42 Å². The third kappa shape index (κ3) is 35.0. The summed E-state index contributed by atoms with van der Waals surface area (Å²) in [5.74, 6) is -0.570. The van der Waals surface area contributed by atoms with Crippen LogP contribution >= 0.6 is 0 Å². The van der Waals surface area contributed by atoms with E-state index in [0.29, 0.717) is 0 Å². The fourth-order valence-corrected chi connectivity index (χ4v) is 6.52. The van der Waals surface area contributed by atoms with Crippen molar-refractivity contribution >= 4 is 5.91 Å². The highest BCUT2D eigenvalue weighted by atomic mass is 16.3. The molecule has 0 bridgehead atoms. The first-order valence-electron chi connectivity index (χ1n) is 21.8. The van der Waals surface area contributed by atoms with Crippen LogP contribution < -0.4 is 5.32 Å². The summed E-state index contributed by atoms with van der Waals surface area (Å²) >= 11 is 0. The maximum Gasteiger partial charge on any atom is 0.249 e. The Morgan fingerprint density at radius 3 is 1.26 bits per heavy atom. The SMILES string of the molecule is CCCCCCCC/C=C\C/C=C\CC(O)C(=O)NC(CO)C(O)/C=C/CCCCCCCCCCCCCCCCCCCCCCCC. The van der Waals surface area contributed by atoms with Crippen LogP contribution in [0.1, 0.15) is 219 Å². The van der Waals surface area contributed by atoms with Crippen molar-refractivity contribution in [1.82, 2.24) is 5.32 Å². The summed E-state index contributed by atoms with van der Waals surface area (Å²) in [7, 11) is 0. The smallest absolute Gasteiger partial charge is 0.249 e. The zero-order valence-corrected chi connectivity index (χ0v) is 33.3. The molecule has 0 aromatic rings. The molecule has 0 aromatic carbocycles. The molecule has 5 heteroatoms. The van der Waals surface area contributed by atoms with Crippen molar-refractivity contribution in [2.45, 2.75) is 238 Å². The Bertz CT molecular complexity index is 779. The highest BCUT2D eigenvalue weighted by Crippen LogP contribution is 2.16. The van der Waals surface area contributed by atoms with Gasteiger partial charge in [0.15, 0.2) is 0 Å². The van der Waals surface area contributed by atoms with Gasteiger partial charge in [0.1, 0.15) is 6.10 Å². The molecule has 0 saturated heterocycles. The third-order valence-corrected chi connectivity index (χ3v) is 9.99. The Labute approximate surface area is 311 Å². The van der Waals surface area contributed by atoms with Gasteiger partial charge in [-0.2, -0.15) is 0 Å². The zero-order valence-electron chi connectivity index (χ0n) is 33.3. The van der Waals surface area contributed by atoms with Gasteiger partial charge in [-0.05, 0) is 32.1 Å². The van der Waals surface area contributed by atoms with E-state index in [-0.39, 0.29) is 13.0 Å². The summed E-state index contributed by atoms with van der Waals surface area (Å²) in [6.07, 6.45) is 50.6. The van der Waals surface area contributed by atoms with Gasteiger partial charge in [-0.15, -0.1) is 0 Å². The number of aliphatic hydroxyl groups is 3. The standard InChI is InChI=1S/C45H85NO4/c1-3-5-7-9-11-13-15-17-18-19-20-21-22-23-24-25-26-27-28-30-31-33-35-37-39-43(48)42(41-47)46-45(50)44(49)40-38-36-34-32-29-16-14-12-10-8-6-4-2/h29,32,36-39,42-44,47-49H,3-28,30-31,33-35,40-41H2,1-2H3,(H,46,50)/b32-29-,38-36-,39-37+. The van der Waals surface area contributed by atoms with Crippen molar-refractivity contribution in [3.05, 3.63) is 36.5 Å². The van der Waals surface area contributed by atoms with Crippen LogP contribution in [0.15, 0.2) is 36.5 Å². The summed E-state index contributed by atoms with van der Waals surface area (Å²) in [5.41, 5.74) is 0. The lowest BCUT2D eigenvalue weighted by atomic mass is 10.0. The van der Waals surface area contributed by atoms with Crippen LogP contribution in [-0.2, 0) is 4.79 Å². The van der Waals surface area contributed by atoms with Crippen LogP contribution in [0.5, 0.6) is 0 Å². The van der Waals surface area contributed by atoms with E-state index in [9.17, 15) is 20.1 Å². The first-order valence-corrected chi connectivity index (χ1v) is 21.8. The number of aliphatic hydroxyl groups excluding tert-OH is 3. The van der Waals surface area contributed by atoms with E-state index < -0.39 is 24.2 Å². The molecule has 50 heavy (non-hydrogen) atoms.